The van der Waals surface area contributed by atoms with E-state index in [2.05, 4.69) is 20.9 Å². The van der Waals surface area contributed by atoms with Crippen LogP contribution in [0.1, 0.15) is 6.92 Å². The van der Waals surface area contributed by atoms with Gasteiger partial charge in [0.2, 0.25) is 0 Å². The average molecular weight is 357 g/mol. The van der Waals surface area contributed by atoms with E-state index in [0.717, 1.165) is 9.50 Å². The molecule has 0 aliphatic rings. The van der Waals surface area contributed by atoms with Gasteiger partial charge in [-0.2, -0.15) is 0 Å². The van der Waals surface area contributed by atoms with Crippen molar-refractivity contribution in [2.45, 2.75) is 11.9 Å². The average Bonchev–Trinajstić information content (AvgIpc) is 2.47. The third-order valence-corrected chi connectivity index (χ3v) is 3.88. The summed E-state index contributed by atoms with van der Waals surface area (Å²) < 4.78 is 22.0. The van der Waals surface area contributed by atoms with Crippen molar-refractivity contribution in [3.63, 3.8) is 0 Å². The predicted molar refractivity (Wildman–Crippen MR) is 83.2 cm³/mol. The van der Waals surface area contributed by atoms with Gasteiger partial charge in [0.05, 0.1) is 5.69 Å². The molecule has 0 N–H and O–H groups in total. The fraction of sp³-hybridized carbons (Fsp3) is 0.214. The number of anilines is 1. The molecule has 106 valence electrons. The molecular weight excluding hydrogens is 343 g/mol. The topological polar surface area (TPSA) is 25.4 Å². The van der Waals surface area contributed by atoms with Crippen LogP contribution in [-0.4, -0.2) is 18.3 Å². The maximum atomic E-state index is 14.0. The Balaban J connectivity index is 2.24. The van der Waals surface area contributed by atoms with Gasteiger partial charge in [0.15, 0.2) is 0 Å². The third-order valence-electron chi connectivity index (χ3n) is 2.43. The van der Waals surface area contributed by atoms with Gasteiger partial charge in [-0.3, -0.25) is 4.31 Å². The Bertz CT molecular complexity index is 556. The van der Waals surface area contributed by atoms with Gasteiger partial charge in [-0.1, -0.05) is 22.0 Å². The van der Waals surface area contributed by atoms with Crippen LogP contribution in [0.2, 0.25) is 0 Å². The standard InChI is InChI=1S/C14H14BrFN2OS/c1-2-19-10-18(20-14-5-3-4-8-17-14)13-9-11(15)6-7-12(13)16/h3-9H,2,10H2,1H3. The van der Waals surface area contributed by atoms with Crippen molar-refractivity contribution in [2.75, 3.05) is 17.6 Å². The molecule has 0 atom stereocenters. The highest BCUT2D eigenvalue weighted by atomic mass is 79.9. The summed E-state index contributed by atoms with van der Waals surface area (Å²) in [7, 11) is 0. The van der Waals surface area contributed by atoms with Gasteiger partial charge >= 0.3 is 0 Å². The van der Waals surface area contributed by atoms with Crippen molar-refractivity contribution < 1.29 is 9.13 Å². The van der Waals surface area contributed by atoms with E-state index in [0.29, 0.717) is 12.3 Å². The first-order chi connectivity index (χ1) is 9.70. The molecule has 1 aromatic carbocycles. The zero-order chi connectivity index (χ0) is 14.4. The van der Waals surface area contributed by atoms with Crippen LogP contribution in [0.25, 0.3) is 0 Å². The van der Waals surface area contributed by atoms with Gasteiger partial charge in [-0.05, 0) is 37.3 Å². The largest absolute Gasteiger partial charge is 0.360 e. The SMILES string of the molecule is CCOCN(Sc1ccccn1)c1cc(Br)ccc1F. The Hall–Kier alpha value is -1.11. The molecule has 0 amide bonds. The van der Waals surface area contributed by atoms with E-state index < -0.39 is 0 Å². The molecular formula is C14H14BrFN2OS. The molecule has 6 heteroatoms. The van der Waals surface area contributed by atoms with Crippen LogP contribution in [0.3, 0.4) is 0 Å². The number of aromatic nitrogens is 1. The molecule has 0 bridgehead atoms. The van der Waals surface area contributed by atoms with Crippen molar-refractivity contribution in [1.29, 1.82) is 0 Å². The molecule has 0 radical (unpaired) electrons. The van der Waals surface area contributed by atoms with E-state index in [1.807, 2.05) is 25.1 Å². The van der Waals surface area contributed by atoms with Crippen LogP contribution in [0.15, 0.2) is 52.1 Å². The van der Waals surface area contributed by atoms with Gasteiger partial charge in [0.25, 0.3) is 0 Å². The summed E-state index contributed by atoms with van der Waals surface area (Å²) in [5.74, 6) is -0.295. The second kappa shape index (κ2) is 7.61. The smallest absolute Gasteiger partial charge is 0.147 e. The number of halogens is 2. The summed E-state index contributed by atoms with van der Waals surface area (Å²) in [4.78, 5) is 4.24. The Morgan fingerprint density at radius 2 is 2.20 bits per heavy atom. The van der Waals surface area contributed by atoms with Crippen molar-refractivity contribution in [3.8, 4) is 0 Å². The van der Waals surface area contributed by atoms with Gasteiger partial charge in [-0.25, -0.2) is 9.37 Å². The maximum Gasteiger partial charge on any atom is 0.147 e. The second-order valence-electron chi connectivity index (χ2n) is 3.86. The van der Waals surface area contributed by atoms with Crippen LogP contribution in [0.4, 0.5) is 10.1 Å². The molecule has 0 saturated carbocycles. The van der Waals surface area contributed by atoms with E-state index in [-0.39, 0.29) is 12.5 Å². The highest BCUT2D eigenvalue weighted by molar-refractivity contribution is 9.10. The zero-order valence-corrected chi connectivity index (χ0v) is 13.3. The molecule has 1 aromatic heterocycles. The zero-order valence-electron chi connectivity index (χ0n) is 10.9. The fourth-order valence-electron chi connectivity index (χ4n) is 1.51. The summed E-state index contributed by atoms with van der Waals surface area (Å²) in [5, 5.41) is 0.784. The Kier molecular flexibility index (Phi) is 5.82. The first-order valence-corrected chi connectivity index (χ1v) is 7.66. The molecule has 20 heavy (non-hydrogen) atoms. The van der Waals surface area contributed by atoms with Crippen LogP contribution in [0, 0.1) is 5.82 Å². The van der Waals surface area contributed by atoms with E-state index in [1.165, 1.54) is 18.0 Å². The lowest BCUT2D eigenvalue weighted by atomic mass is 10.3. The number of hydrogen-bond acceptors (Lipinski definition) is 4. The molecule has 0 spiro atoms. The van der Waals surface area contributed by atoms with Crippen molar-refractivity contribution in [2.24, 2.45) is 0 Å². The summed E-state index contributed by atoms with van der Waals surface area (Å²) in [5.41, 5.74) is 0.462. The quantitative estimate of drug-likeness (QED) is 0.562. The summed E-state index contributed by atoms with van der Waals surface area (Å²) >= 11 is 4.70. The predicted octanol–water partition coefficient (Wildman–Crippen LogP) is 4.49. The highest BCUT2D eigenvalue weighted by Crippen LogP contribution is 2.31. The number of pyridine rings is 1. The summed E-state index contributed by atoms with van der Waals surface area (Å²) in [6.45, 7) is 2.75. The Morgan fingerprint density at radius 3 is 2.90 bits per heavy atom. The van der Waals surface area contributed by atoms with Crippen LogP contribution < -0.4 is 4.31 Å². The molecule has 1 heterocycles. The van der Waals surface area contributed by atoms with E-state index >= 15 is 0 Å². The van der Waals surface area contributed by atoms with Gasteiger partial charge in [0, 0.05) is 29.2 Å². The molecule has 3 nitrogen and oxygen atoms in total. The molecule has 0 aliphatic heterocycles. The number of hydrogen-bond donors (Lipinski definition) is 0. The van der Waals surface area contributed by atoms with E-state index in [1.54, 1.807) is 22.6 Å². The van der Waals surface area contributed by atoms with Crippen LogP contribution in [0.5, 0.6) is 0 Å². The minimum absolute atomic E-state index is 0.283. The number of rotatable bonds is 6. The first kappa shape index (κ1) is 15.3. The van der Waals surface area contributed by atoms with Crippen LogP contribution in [-0.2, 0) is 4.74 Å². The summed E-state index contributed by atoms with van der Waals surface area (Å²) in [6, 6.07) is 10.4. The first-order valence-electron chi connectivity index (χ1n) is 6.10. The third kappa shape index (κ3) is 4.19. The second-order valence-corrected chi connectivity index (χ2v) is 5.81. The fourth-order valence-corrected chi connectivity index (χ4v) is 2.70. The van der Waals surface area contributed by atoms with Gasteiger partial charge in [0.1, 0.15) is 17.6 Å². The molecule has 2 aromatic rings. The van der Waals surface area contributed by atoms with E-state index in [4.69, 9.17) is 4.74 Å². The molecule has 0 aliphatic carbocycles. The van der Waals surface area contributed by atoms with E-state index in [9.17, 15) is 4.39 Å². The monoisotopic (exact) mass is 356 g/mol. The number of benzene rings is 1. The summed E-state index contributed by atoms with van der Waals surface area (Å²) in [6.07, 6.45) is 1.71. The molecule has 0 fully saturated rings. The van der Waals surface area contributed by atoms with Crippen molar-refractivity contribution in [1.82, 2.24) is 4.98 Å². The highest BCUT2D eigenvalue weighted by Gasteiger charge is 2.14. The Morgan fingerprint density at radius 1 is 1.35 bits per heavy atom. The van der Waals surface area contributed by atoms with Crippen molar-refractivity contribution >= 4 is 33.6 Å². The molecule has 2 rings (SSSR count). The minimum atomic E-state index is -0.295. The number of ether oxygens (including phenoxy) is 1. The lowest BCUT2D eigenvalue weighted by Crippen LogP contribution is -2.19. The lowest BCUT2D eigenvalue weighted by Gasteiger charge is -2.23. The van der Waals surface area contributed by atoms with Gasteiger partial charge < -0.3 is 4.74 Å². The normalized spacial score (nSPS) is 10.6. The lowest BCUT2D eigenvalue weighted by molar-refractivity contribution is 0.158. The maximum absolute atomic E-state index is 14.0. The Labute approximate surface area is 130 Å². The van der Waals surface area contributed by atoms with Crippen LogP contribution >= 0.6 is 27.9 Å². The minimum Gasteiger partial charge on any atom is -0.360 e. The number of nitrogens with zero attached hydrogens (tertiary/aromatic N) is 2. The van der Waals surface area contributed by atoms with Gasteiger partial charge in [-0.15, -0.1) is 0 Å². The molecule has 0 unspecified atom stereocenters. The van der Waals surface area contributed by atoms with Crippen molar-refractivity contribution in [3.05, 3.63) is 52.9 Å². The molecule has 0 saturated heterocycles.